The Kier molecular flexibility index (Phi) is 4.76. The fourth-order valence-corrected chi connectivity index (χ4v) is 1.87. The lowest BCUT2D eigenvalue weighted by atomic mass is 9.91. The first-order chi connectivity index (χ1) is 7.96. The minimum atomic E-state index is -0.366. The van der Waals surface area contributed by atoms with Gasteiger partial charge in [-0.25, -0.2) is 4.79 Å². The number of methoxy groups -OCH3 is 1. The molecule has 1 unspecified atom stereocenters. The van der Waals surface area contributed by atoms with Gasteiger partial charge in [-0.15, -0.1) is 0 Å². The summed E-state index contributed by atoms with van der Waals surface area (Å²) in [5, 5.41) is 11.7. The molecule has 1 aliphatic heterocycles. The number of alkyl carbamates (subject to hydrolysis) is 1. The topological polar surface area (TPSA) is 65.4 Å². The van der Waals surface area contributed by atoms with Gasteiger partial charge in [0.25, 0.3) is 0 Å². The van der Waals surface area contributed by atoms with Gasteiger partial charge < -0.3 is 15.0 Å². The summed E-state index contributed by atoms with van der Waals surface area (Å²) in [7, 11) is 1.37. The summed E-state index contributed by atoms with van der Waals surface area (Å²) >= 11 is 0. The van der Waals surface area contributed by atoms with Crippen molar-refractivity contribution in [3.63, 3.8) is 0 Å². The van der Waals surface area contributed by atoms with Crippen molar-refractivity contribution in [2.45, 2.75) is 32.7 Å². The average molecular weight is 239 g/mol. The number of hydrogen-bond donors (Lipinski definition) is 1. The molecule has 0 radical (unpaired) electrons. The molecule has 0 aliphatic carbocycles. The number of carbonyl (C=O) groups is 1. The van der Waals surface area contributed by atoms with Gasteiger partial charge in [-0.05, 0) is 33.2 Å². The summed E-state index contributed by atoms with van der Waals surface area (Å²) in [4.78, 5) is 13.3. The molecule has 5 heteroatoms. The molecule has 0 aromatic heterocycles. The molecule has 0 bridgehead atoms. The van der Waals surface area contributed by atoms with Crippen molar-refractivity contribution in [1.82, 2.24) is 10.2 Å². The molecule has 1 saturated heterocycles. The lowest BCUT2D eigenvalue weighted by Gasteiger charge is -2.21. The normalized spacial score (nSPS) is 20.9. The second kappa shape index (κ2) is 5.87. The summed E-state index contributed by atoms with van der Waals surface area (Å²) in [6, 6.07) is 2.48. The summed E-state index contributed by atoms with van der Waals surface area (Å²) in [5.41, 5.74) is -0.270. The molecule has 1 heterocycles. The van der Waals surface area contributed by atoms with Crippen LogP contribution in [-0.2, 0) is 4.74 Å². The van der Waals surface area contributed by atoms with Crippen LogP contribution in [0.2, 0.25) is 0 Å². The van der Waals surface area contributed by atoms with Gasteiger partial charge in [-0.2, -0.15) is 5.26 Å². The molecule has 1 rings (SSSR count). The number of nitrogens with one attached hydrogen (secondary N) is 1. The van der Waals surface area contributed by atoms with Gasteiger partial charge in [0.2, 0.25) is 0 Å². The number of hydrogen-bond acceptors (Lipinski definition) is 4. The molecule has 1 amide bonds. The van der Waals surface area contributed by atoms with Crippen LogP contribution >= 0.6 is 0 Å². The number of amides is 1. The van der Waals surface area contributed by atoms with Crippen LogP contribution in [0.5, 0.6) is 0 Å². The van der Waals surface area contributed by atoms with Crippen molar-refractivity contribution in [2.24, 2.45) is 5.41 Å². The number of carbonyl (C=O) groups excluding carboxylic acids is 1. The van der Waals surface area contributed by atoms with E-state index in [4.69, 9.17) is 5.26 Å². The number of likely N-dealkylation sites (tertiary alicyclic amines) is 1. The number of nitriles is 1. The Hall–Kier alpha value is -1.28. The largest absolute Gasteiger partial charge is 0.453 e. The highest BCUT2D eigenvalue weighted by atomic mass is 16.5. The van der Waals surface area contributed by atoms with E-state index in [2.05, 4.69) is 21.0 Å². The van der Waals surface area contributed by atoms with E-state index in [0.717, 1.165) is 32.5 Å². The zero-order valence-corrected chi connectivity index (χ0v) is 10.8. The van der Waals surface area contributed by atoms with Crippen molar-refractivity contribution in [3.8, 4) is 6.07 Å². The molecule has 1 fully saturated rings. The highest BCUT2D eigenvalue weighted by Crippen LogP contribution is 2.20. The van der Waals surface area contributed by atoms with E-state index >= 15 is 0 Å². The second-order valence-corrected chi connectivity index (χ2v) is 5.17. The molecule has 0 aromatic rings. The van der Waals surface area contributed by atoms with E-state index in [-0.39, 0.29) is 17.6 Å². The van der Waals surface area contributed by atoms with Gasteiger partial charge in [0.1, 0.15) is 0 Å². The molecule has 96 valence electrons. The van der Waals surface area contributed by atoms with E-state index in [1.165, 1.54) is 7.11 Å². The maximum Gasteiger partial charge on any atom is 0.407 e. The molecule has 1 N–H and O–H groups in total. The SMILES string of the molecule is COC(=O)NC1CCN(CCC(C)(C)C#N)C1. The Balaban J connectivity index is 2.27. The molecule has 17 heavy (non-hydrogen) atoms. The zero-order chi connectivity index (χ0) is 12.9. The van der Waals surface area contributed by atoms with E-state index in [1.807, 2.05) is 13.8 Å². The minimum Gasteiger partial charge on any atom is -0.453 e. The lowest BCUT2D eigenvalue weighted by molar-refractivity contribution is 0.166. The zero-order valence-electron chi connectivity index (χ0n) is 10.8. The number of nitrogens with zero attached hydrogens (tertiary/aromatic N) is 2. The van der Waals surface area contributed by atoms with E-state index in [9.17, 15) is 4.79 Å². The van der Waals surface area contributed by atoms with Crippen molar-refractivity contribution in [2.75, 3.05) is 26.7 Å². The molecule has 0 saturated carbocycles. The van der Waals surface area contributed by atoms with Crippen LogP contribution in [0.25, 0.3) is 0 Å². The standard InChI is InChI=1S/C12H21N3O2/c1-12(2,9-13)5-7-15-6-4-10(8-15)14-11(16)17-3/h10H,4-8H2,1-3H3,(H,14,16). The Bertz CT molecular complexity index is 309. The van der Waals surface area contributed by atoms with Gasteiger partial charge in [0.05, 0.1) is 18.6 Å². The predicted molar refractivity (Wildman–Crippen MR) is 64.4 cm³/mol. The summed E-state index contributed by atoms with van der Waals surface area (Å²) in [6.07, 6.45) is 1.44. The average Bonchev–Trinajstić information content (AvgIpc) is 2.74. The van der Waals surface area contributed by atoms with E-state index < -0.39 is 0 Å². The third kappa shape index (κ3) is 4.61. The van der Waals surface area contributed by atoms with Crippen LogP contribution < -0.4 is 5.32 Å². The summed E-state index contributed by atoms with van der Waals surface area (Å²) < 4.78 is 4.57. The van der Waals surface area contributed by atoms with Crippen LogP contribution in [0, 0.1) is 16.7 Å². The van der Waals surface area contributed by atoms with Gasteiger partial charge >= 0.3 is 6.09 Å². The molecule has 1 atom stereocenters. The Labute approximate surface area is 103 Å². The monoisotopic (exact) mass is 239 g/mol. The van der Waals surface area contributed by atoms with Gasteiger partial charge in [0.15, 0.2) is 0 Å². The highest BCUT2D eigenvalue weighted by Gasteiger charge is 2.26. The fraction of sp³-hybridized carbons (Fsp3) is 0.833. The van der Waals surface area contributed by atoms with Crippen molar-refractivity contribution in [1.29, 1.82) is 5.26 Å². The molecule has 1 aliphatic rings. The van der Waals surface area contributed by atoms with Crippen LogP contribution in [0.3, 0.4) is 0 Å². The Morgan fingerprint density at radius 1 is 1.65 bits per heavy atom. The minimum absolute atomic E-state index is 0.174. The predicted octanol–water partition coefficient (Wildman–Crippen LogP) is 1.36. The van der Waals surface area contributed by atoms with Gasteiger partial charge in [-0.1, -0.05) is 0 Å². The maximum absolute atomic E-state index is 11.0. The van der Waals surface area contributed by atoms with Crippen LogP contribution in [-0.4, -0.2) is 43.8 Å². The van der Waals surface area contributed by atoms with Crippen LogP contribution in [0.1, 0.15) is 26.7 Å². The molecule has 0 spiro atoms. The molecule has 5 nitrogen and oxygen atoms in total. The van der Waals surface area contributed by atoms with Crippen molar-refractivity contribution < 1.29 is 9.53 Å². The first-order valence-electron chi connectivity index (χ1n) is 5.95. The Morgan fingerprint density at radius 2 is 2.35 bits per heavy atom. The molecular weight excluding hydrogens is 218 g/mol. The van der Waals surface area contributed by atoms with E-state index in [1.54, 1.807) is 0 Å². The number of rotatable bonds is 4. The highest BCUT2D eigenvalue weighted by molar-refractivity contribution is 5.67. The first-order valence-corrected chi connectivity index (χ1v) is 5.95. The smallest absolute Gasteiger partial charge is 0.407 e. The van der Waals surface area contributed by atoms with Gasteiger partial charge in [0, 0.05) is 19.1 Å². The van der Waals surface area contributed by atoms with Crippen molar-refractivity contribution in [3.05, 3.63) is 0 Å². The lowest BCUT2D eigenvalue weighted by Crippen LogP contribution is -2.37. The first kappa shape index (κ1) is 13.8. The summed E-state index contributed by atoms with van der Waals surface area (Å²) in [6.45, 7) is 6.62. The fourth-order valence-electron chi connectivity index (χ4n) is 1.87. The van der Waals surface area contributed by atoms with Gasteiger partial charge in [-0.3, -0.25) is 0 Å². The van der Waals surface area contributed by atoms with Crippen LogP contribution in [0.4, 0.5) is 4.79 Å². The molecule has 0 aromatic carbocycles. The second-order valence-electron chi connectivity index (χ2n) is 5.17. The maximum atomic E-state index is 11.0. The molecular formula is C12H21N3O2. The summed E-state index contributed by atoms with van der Waals surface area (Å²) in [5.74, 6) is 0. The quantitative estimate of drug-likeness (QED) is 0.804. The Morgan fingerprint density at radius 3 is 2.94 bits per heavy atom. The van der Waals surface area contributed by atoms with Crippen molar-refractivity contribution >= 4 is 6.09 Å². The third-order valence-corrected chi connectivity index (χ3v) is 3.14. The third-order valence-electron chi connectivity index (χ3n) is 3.14. The number of ether oxygens (including phenoxy) is 1. The van der Waals surface area contributed by atoms with Crippen LogP contribution in [0.15, 0.2) is 0 Å². The van der Waals surface area contributed by atoms with E-state index in [0.29, 0.717) is 0 Å².